The van der Waals surface area contributed by atoms with E-state index in [-0.39, 0.29) is 11.5 Å². The molecular formula is C19H16BrNO4. The number of hydrogen-bond acceptors (Lipinski definition) is 4. The van der Waals surface area contributed by atoms with Crippen molar-refractivity contribution in [2.24, 2.45) is 0 Å². The molecule has 5 nitrogen and oxygen atoms in total. The van der Waals surface area contributed by atoms with E-state index in [1.165, 1.54) is 13.0 Å². The molecule has 0 aromatic heterocycles. The molecule has 1 N–H and O–H groups in total. The van der Waals surface area contributed by atoms with Crippen molar-refractivity contribution in [3.05, 3.63) is 75.9 Å². The quantitative estimate of drug-likeness (QED) is 0.457. The van der Waals surface area contributed by atoms with Gasteiger partial charge >= 0.3 is 5.97 Å². The third kappa shape index (κ3) is 6.00. The number of ether oxygens (including phenoxy) is 1. The Bertz CT molecular complexity index is 798. The Balaban J connectivity index is 2.06. The minimum Gasteiger partial charge on any atom is -0.453 e. The van der Waals surface area contributed by atoms with Crippen LogP contribution in [-0.4, -0.2) is 24.3 Å². The van der Waals surface area contributed by atoms with Crippen LogP contribution in [0, 0.1) is 0 Å². The van der Waals surface area contributed by atoms with E-state index < -0.39 is 18.5 Å². The first-order valence-corrected chi connectivity index (χ1v) is 8.25. The molecule has 0 unspecified atom stereocenters. The lowest BCUT2D eigenvalue weighted by Crippen LogP contribution is -2.27. The fourth-order valence-corrected chi connectivity index (χ4v) is 2.24. The van der Waals surface area contributed by atoms with E-state index in [0.29, 0.717) is 5.56 Å². The van der Waals surface area contributed by atoms with Gasteiger partial charge in [0, 0.05) is 17.0 Å². The van der Waals surface area contributed by atoms with Gasteiger partial charge < -0.3 is 10.1 Å². The van der Waals surface area contributed by atoms with Gasteiger partial charge in [-0.1, -0.05) is 58.4 Å². The van der Waals surface area contributed by atoms with Gasteiger partial charge in [-0.2, -0.15) is 0 Å². The van der Waals surface area contributed by atoms with Gasteiger partial charge in [-0.15, -0.1) is 0 Å². The number of amides is 1. The van der Waals surface area contributed by atoms with Gasteiger partial charge in [-0.05, 0) is 23.8 Å². The zero-order valence-electron chi connectivity index (χ0n) is 13.5. The monoisotopic (exact) mass is 401 g/mol. The first kappa shape index (κ1) is 18.6. The number of carbonyl (C=O) groups excluding carboxylic acids is 3. The Hall–Kier alpha value is -2.73. The van der Waals surface area contributed by atoms with Crippen molar-refractivity contribution in [2.75, 3.05) is 6.61 Å². The van der Waals surface area contributed by atoms with Crippen LogP contribution in [-0.2, 0) is 14.3 Å². The third-order valence-corrected chi connectivity index (χ3v) is 3.67. The average Bonchev–Trinajstić information content (AvgIpc) is 2.60. The summed E-state index contributed by atoms with van der Waals surface area (Å²) >= 11 is 3.29. The summed E-state index contributed by atoms with van der Waals surface area (Å²) in [6.07, 6.45) is 1.49. The Morgan fingerprint density at radius 1 is 1.04 bits per heavy atom. The topological polar surface area (TPSA) is 72.5 Å². The molecule has 0 bridgehead atoms. The van der Waals surface area contributed by atoms with E-state index in [1.54, 1.807) is 48.5 Å². The molecule has 0 saturated carbocycles. The molecule has 2 rings (SSSR count). The second-order valence-electron chi connectivity index (χ2n) is 5.16. The van der Waals surface area contributed by atoms with E-state index in [2.05, 4.69) is 21.2 Å². The van der Waals surface area contributed by atoms with Gasteiger partial charge in [0.25, 0.3) is 0 Å². The van der Waals surface area contributed by atoms with E-state index in [9.17, 15) is 14.4 Å². The highest BCUT2D eigenvalue weighted by Crippen LogP contribution is 2.11. The first-order chi connectivity index (χ1) is 12.0. The molecule has 0 radical (unpaired) electrons. The number of nitrogens with one attached hydrogen (secondary N) is 1. The fourth-order valence-electron chi connectivity index (χ4n) is 1.98. The van der Waals surface area contributed by atoms with Gasteiger partial charge in [0.05, 0.1) is 0 Å². The van der Waals surface area contributed by atoms with Crippen molar-refractivity contribution < 1.29 is 19.1 Å². The summed E-state index contributed by atoms with van der Waals surface area (Å²) in [5.41, 5.74) is 1.13. The lowest BCUT2D eigenvalue weighted by molar-refractivity contribution is -0.139. The Morgan fingerprint density at radius 3 is 2.28 bits per heavy atom. The van der Waals surface area contributed by atoms with Crippen LogP contribution in [0.1, 0.15) is 22.8 Å². The van der Waals surface area contributed by atoms with Gasteiger partial charge in [0.1, 0.15) is 5.70 Å². The number of benzene rings is 2. The fraction of sp³-hybridized carbons (Fsp3) is 0.105. The molecular weight excluding hydrogens is 386 g/mol. The summed E-state index contributed by atoms with van der Waals surface area (Å²) in [5.74, 6) is -1.51. The highest BCUT2D eigenvalue weighted by molar-refractivity contribution is 9.10. The van der Waals surface area contributed by atoms with Crippen LogP contribution in [0.25, 0.3) is 6.08 Å². The Labute approximate surface area is 153 Å². The maximum Gasteiger partial charge on any atom is 0.355 e. The summed E-state index contributed by atoms with van der Waals surface area (Å²) in [5, 5.41) is 2.43. The second-order valence-corrected chi connectivity index (χ2v) is 6.07. The van der Waals surface area contributed by atoms with E-state index in [4.69, 9.17) is 4.74 Å². The van der Waals surface area contributed by atoms with Crippen molar-refractivity contribution in [3.8, 4) is 0 Å². The summed E-state index contributed by atoms with van der Waals surface area (Å²) in [4.78, 5) is 35.6. The highest BCUT2D eigenvalue weighted by atomic mass is 79.9. The smallest absolute Gasteiger partial charge is 0.355 e. The van der Waals surface area contributed by atoms with Crippen molar-refractivity contribution in [3.63, 3.8) is 0 Å². The Morgan fingerprint density at radius 2 is 1.68 bits per heavy atom. The van der Waals surface area contributed by atoms with E-state index in [1.807, 2.05) is 6.07 Å². The van der Waals surface area contributed by atoms with Crippen LogP contribution in [0.2, 0.25) is 0 Å². The summed E-state index contributed by atoms with van der Waals surface area (Å²) in [6, 6.07) is 15.7. The maximum absolute atomic E-state index is 12.2. The molecule has 0 aliphatic rings. The number of carbonyl (C=O) groups is 3. The molecule has 0 heterocycles. The van der Waals surface area contributed by atoms with Gasteiger partial charge in [-0.25, -0.2) is 4.79 Å². The van der Waals surface area contributed by atoms with Crippen molar-refractivity contribution in [2.45, 2.75) is 6.92 Å². The molecule has 0 spiro atoms. The normalized spacial score (nSPS) is 10.9. The predicted molar refractivity (Wildman–Crippen MR) is 97.7 cm³/mol. The summed E-state index contributed by atoms with van der Waals surface area (Å²) in [7, 11) is 0. The number of ketones is 1. The predicted octanol–water partition coefficient (Wildman–Crippen LogP) is 3.35. The lowest BCUT2D eigenvalue weighted by atomic mass is 10.1. The van der Waals surface area contributed by atoms with Crippen molar-refractivity contribution in [1.29, 1.82) is 0 Å². The van der Waals surface area contributed by atoms with Gasteiger partial charge in [0.2, 0.25) is 5.91 Å². The van der Waals surface area contributed by atoms with E-state index in [0.717, 1.165) is 10.0 Å². The standard InChI is InChI=1S/C19H16BrNO4/c1-13(22)21-17(11-14-5-3-2-4-6-14)19(24)25-12-18(23)15-7-9-16(20)10-8-15/h2-11H,12H2,1H3,(H,21,22)/b17-11-. The molecule has 0 saturated heterocycles. The second kappa shape index (κ2) is 8.94. The van der Waals surface area contributed by atoms with Crippen LogP contribution in [0.4, 0.5) is 0 Å². The minimum atomic E-state index is -0.774. The molecule has 2 aromatic rings. The Kier molecular flexibility index (Phi) is 6.65. The molecule has 25 heavy (non-hydrogen) atoms. The van der Waals surface area contributed by atoms with Crippen LogP contribution in [0.15, 0.2) is 64.8 Å². The number of halogens is 1. The molecule has 2 aromatic carbocycles. The molecule has 0 aliphatic carbocycles. The number of Topliss-reactive ketones (excluding diaryl/α,β-unsaturated/α-hetero) is 1. The van der Waals surface area contributed by atoms with Crippen LogP contribution in [0.3, 0.4) is 0 Å². The molecule has 0 fully saturated rings. The molecule has 128 valence electrons. The zero-order chi connectivity index (χ0) is 18.2. The van der Waals surface area contributed by atoms with Gasteiger partial charge in [-0.3, -0.25) is 9.59 Å². The van der Waals surface area contributed by atoms with Crippen LogP contribution >= 0.6 is 15.9 Å². The number of esters is 1. The van der Waals surface area contributed by atoms with Gasteiger partial charge in [0.15, 0.2) is 12.4 Å². The first-order valence-electron chi connectivity index (χ1n) is 7.46. The third-order valence-electron chi connectivity index (χ3n) is 3.14. The maximum atomic E-state index is 12.2. The molecule has 0 aliphatic heterocycles. The van der Waals surface area contributed by atoms with Crippen molar-refractivity contribution in [1.82, 2.24) is 5.32 Å². The van der Waals surface area contributed by atoms with Crippen LogP contribution in [0.5, 0.6) is 0 Å². The zero-order valence-corrected chi connectivity index (χ0v) is 15.1. The lowest BCUT2D eigenvalue weighted by Gasteiger charge is -2.09. The average molecular weight is 402 g/mol. The molecule has 6 heteroatoms. The van der Waals surface area contributed by atoms with Crippen LogP contribution < -0.4 is 5.32 Å². The molecule has 1 amide bonds. The summed E-state index contributed by atoms with van der Waals surface area (Å²) < 4.78 is 5.89. The SMILES string of the molecule is CC(=O)N/C(=C\c1ccccc1)C(=O)OCC(=O)c1ccc(Br)cc1. The molecule has 0 atom stereocenters. The summed E-state index contributed by atoms with van der Waals surface area (Å²) in [6.45, 7) is 0.880. The minimum absolute atomic E-state index is 0.0256. The van der Waals surface area contributed by atoms with Crippen molar-refractivity contribution >= 4 is 39.7 Å². The largest absolute Gasteiger partial charge is 0.453 e. The highest BCUT2D eigenvalue weighted by Gasteiger charge is 2.15. The number of hydrogen-bond donors (Lipinski definition) is 1. The van der Waals surface area contributed by atoms with E-state index >= 15 is 0 Å². The number of rotatable bonds is 6.